The van der Waals surface area contributed by atoms with Crippen LogP contribution in [0.2, 0.25) is 0 Å². The van der Waals surface area contributed by atoms with Gasteiger partial charge in [0.05, 0.1) is 0 Å². The Morgan fingerprint density at radius 3 is 2.78 bits per heavy atom. The summed E-state index contributed by atoms with van der Waals surface area (Å²) in [5.41, 5.74) is 0.886. The molecular formula is C13H8BrFO2S. The summed E-state index contributed by atoms with van der Waals surface area (Å²) in [6.45, 7) is 0. The smallest absolute Gasteiger partial charge is 0.328 e. The van der Waals surface area contributed by atoms with E-state index in [9.17, 15) is 9.18 Å². The number of halogens is 2. The highest BCUT2D eigenvalue weighted by Gasteiger charge is 2.06. The normalized spacial score (nSPS) is 11.0. The van der Waals surface area contributed by atoms with Crippen LogP contribution in [0.1, 0.15) is 4.88 Å². The van der Waals surface area contributed by atoms with Gasteiger partial charge in [-0.15, -0.1) is 11.3 Å². The number of benzene rings is 1. The van der Waals surface area contributed by atoms with Crippen molar-refractivity contribution in [2.24, 2.45) is 0 Å². The first kappa shape index (κ1) is 13.0. The van der Waals surface area contributed by atoms with Crippen LogP contribution in [0.15, 0.2) is 40.9 Å². The van der Waals surface area contributed by atoms with Gasteiger partial charge >= 0.3 is 5.97 Å². The van der Waals surface area contributed by atoms with E-state index in [2.05, 4.69) is 15.9 Å². The van der Waals surface area contributed by atoms with Crippen LogP contribution in [0.5, 0.6) is 0 Å². The molecule has 0 saturated heterocycles. The molecule has 92 valence electrons. The van der Waals surface area contributed by atoms with E-state index in [1.54, 1.807) is 6.07 Å². The van der Waals surface area contributed by atoms with Crippen molar-refractivity contribution in [3.05, 3.63) is 51.6 Å². The minimum absolute atomic E-state index is 0.298. The molecule has 0 spiro atoms. The quantitative estimate of drug-likeness (QED) is 0.848. The molecule has 0 amide bonds. The van der Waals surface area contributed by atoms with Crippen molar-refractivity contribution in [2.75, 3.05) is 0 Å². The van der Waals surface area contributed by atoms with Gasteiger partial charge in [0.2, 0.25) is 0 Å². The Balaban J connectivity index is 2.32. The molecule has 18 heavy (non-hydrogen) atoms. The molecule has 1 aromatic carbocycles. The molecule has 2 aromatic rings. The maximum absolute atomic E-state index is 13.0. The monoisotopic (exact) mass is 326 g/mol. The standard InChI is InChI=1S/C13H8BrFO2S/c14-11-7-8(15)1-4-10(11)12-5-2-9(18-12)3-6-13(16)17/h1-7H,(H,16,17)/b6-3+. The largest absolute Gasteiger partial charge is 0.478 e. The van der Waals surface area contributed by atoms with E-state index in [0.29, 0.717) is 4.47 Å². The van der Waals surface area contributed by atoms with Gasteiger partial charge in [-0.1, -0.05) is 15.9 Å². The minimum Gasteiger partial charge on any atom is -0.478 e. The van der Waals surface area contributed by atoms with E-state index in [0.717, 1.165) is 21.4 Å². The summed E-state index contributed by atoms with van der Waals surface area (Å²) in [6, 6.07) is 8.20. The summed E-state index contributed by atoms with van der Waals surface area (Å²) in [7, 11) is 0. The highest BCUT2D eigenvalue weighted by atomic mass is 79.9. The molecule has 0 unspecified atom stereocenters. The molecule has 2 rings (SSSR count). The molecule has 1 aromatic heterocycles. The Morgan fingerprint density at radius 1 is 1.33 bits per heavy atom. The average molecular weight is 327 g/mol. The van der Waals surface area contributed by atoms with Crippen molar-refractivity contribution in [3.63, 3.8) is 0 Å². The fourth-order valence-electron chi connectivity index (χ4n) is 1.43. The zero-order valence-corrected chi connectivity index (χ0v) is 11.5. The third-order valence-electron chi connectivity index (χ3n) is 2.21. The number of hydrogen-bond acceptors (Lipinski definition) is 2. The molecule has 0 radical (unpaired) electrons. The molecule has 0 saturated carbocycles. The molecule has 2 nitrogen and oxygen atoms in total. The SMILES string of the molecule is O=C(O)/C=C/c1ccc(-c2ccc(F)cc2Br)s1. The zero-order valence-electron chi connectivity index (χ0n) is 9.06. The first-order valence-electron chi connectivity index (χ1n) is 5.02. The van der Waals surface area contributed by atoms with Crippen molar-refractivity contribution >= 4 is 39.3 Å². The number of carbonyl (C=O) groups is 1. The van der Waals surface area contributed by atoms with Crippen LogP contribution < -0.4 is 0 Å². The molecule has 0 atom stereocenters. The van der Waals surface area contributed by atoms with Crippen LogP contribution in [-0.2, 0) is 4.79 Å². The van der Waals surface area contributed by atoms with Crippen LogP contribution in [-0.4, -0.2) is 11.1 Å². The molecular weight excluding hydrogens is 319 g/mol. The summed E-state index contributed by atoms with van der Waals surface area (Å²) >= 11 is 4.76. The first-order chi connectivity index (χ1) is 8.56. The van der Waals surface area contributed by atoms with E-state index in [1.807, 2.05) is 12.1 Å². The van der Waals surface area contributed by atoms with Gasteiger partial charge in [-0.05, 0) is 36.4 Å². The van der Waals surface area contributed by atoms with E-state index < -0.39 is 5.97 Å². The van der Waals surface area contributed by atoms with Gasteiger partial charge in [0.1, 0.15) is 5.82 Å². The second kappa shape index (κ2) is 5.46. The van der Waals surface area contributed by atoms with E-state index in [1.165, 1.54) is 29.5 Å². The van der Waals surface area contributed by atoms with Crippen molar-refractivity contribution < 1.29 is 14.3 Å². The van der Waals surface area contributed by atoms with E-state index in [-0.39, 0.29) is 5.82 Å². The first-order valence-corrected chi connectivity index (χ1v) is 6.63. The predicted octanol–water partition coefficient (Wildman–Crippen LogP) is 4.41. The van der Waals surface area contributed by atoms with Crippen LogP contribution >= 0.6 is 27.3 Å². The van der Waals surface area contributed by atoms with Gasteiger partial charge in [-0.25, -0.2) is 9.18 Å². The Hall–Kier alpha value is -1.46. The highest BCUT2D eigenvalue weighted by molar-refractivity contribution is 9.10. The van der Waals surface area contributed by atoms with Crippen LogP contribution in [0.3, 0.4) is 0 Å². The highest BCUT2D eigenvalue weighted by Crippen LogP contribution is 2.34. The summed E-state index contributed by atoms with van der Waals surface area (Å²) in [5, 5.41) is 8.54. The summed E-state index contributed by atoms with van der Waals surface area (Å²) in [6.07, 6.45) is 2.63. The van der Waals surface area contributed by atoms with Crippen molar-refractivity contribution in [1.82, 2.24) is 0 Å². The average Bonchev–Trinajstić information content (AvgIpc) is 2.75. The third-order valence-corrected chi connectivity index (χ3v) is 3.95. The van der Waals surface area contributed by atoms with Crippen LogP contribution in [0, 0.1) is 5.82 Å². The van der Waals surface area contributed by atoms with E-state index in [4.69, 9.17) is 5.11 Å². The third kappa shape index (κ3) is 3.05. The zero-order chi connectivity index (χ0) is 13.1. The maximum atomic E-state index is 13.0. The Labute approximate surface area is 116 Å². The van der Waals surface area contributed by atoms with Crippen molar-refractivity contribution in [3.8, 4) is 10.4 Å². The number of hydrogen-bond donors (Lipinski definition) is 1. The lowest BCUT2D eigenvalue weighted by atomic mass is 10.2. The Morgan fingerprint density at radius 2 is 2.11 bits per heavy atom. The lowest BCUT2D eigenvalue weighted by Crippen LogP contribution is -1.84. The number of carboxylic acids is 1. The predicted molar refractivity (Wildman–Crippen MR) is 74.1 cm³/mol. The summed E-state index contributed by atoms with van der Waals surface area (Å²) < 4.78 is 13.7. The lowest BCUT2D eigenvalue weighted by molar-refractivity contribution is -0.131. The van der Waals surface area contributed by atoms with E-state index >= 15 is 0 Å². The van der Waals surface area contributed by atoms with Gasteiger partial charge in [0, 0.05) is 25.9 Å². The van der Waals surface area contributed by atoms with Crippen LogP contribution in [0.4, 0.5) is 4.39 Å². The second-order valence-corrected chi connectivity index (χ2v) is 5.47. The lowest BCUT2D eigenvalue weighted by Gasteiger charge is -2.00. The number of thiophene rings is 1. The molecule has 0 aliphatic rings. The number of rotatable bonds is 3. The Kier molecular flexibility index (Phi) is 3.93. The fraction of sp³-hybridized carbons (Fsp3) is 0. The molecule has 1 N–H and O–H groups in total. The van der Waals surface area contributed by atoms with Gasteiger partial charge in [0.15, 0.2) is 0 Å². The minimum atomic E-state index is -0.979. The molecule has 5 heteroatoms. The van der Waals surface area contributed by atoms with Crippen molar-refractivity contribution in [1.29, 1.82) is 0 Å². The molecule has 1 heterocycles. The molecule has 0 bridgehead atoms. The van der Waals surface area contributed by atoms with Gasteiger partial charge in [0.25, 0.3) is 0 Å². The molecule has 0 aliphatic carbocycles. The van der Waals surface area contributed by atoms with Crippen LogP contribution in [0.25, 0.3) is 16.5 Å². The van der Waals surface area contributed by atoms with Gasteiger partial charge in [-0.2, -0.15) is 0 Å². The van der Waals surface area contributed by atoms with Crippen molar-refractivity contribution in [2.45, 2.75) is 0 Å². The number of aliphatic carboxylic acids is 1. The fourth-order valence-corrected chi connectivity index (χ4v) is 3.08. The number of carboxylic acid groups (broad SMARTS) is 1. The summed E-state index contributed by atoms with van der Waals surface area (Å²) in [4.78, 5) is 12.2. The molecule has 0 fully saturated rings. The van der Waals surface area contributed by atoms with Gasteiger partial charge < -0.3 is 5.11 Å². The topological polar surface area (TPSA) is 37.3 Å². The summed E-state index contributed by atoms with van der Waals surface area (Å²) in [5.74, 6) is -1.28. The van der Waals surface area contributed by atoms with Gasteiger partial charge in [-0.3, -0.25) is 0 Å². The second-order valence-electron chi connectivity index (χ2n) is 3.50. The maximum Gasteiger partial charge on any atom is 0.328 e. The molecule has 0 aliphatic heterocycles. The Bertz CT molecular complexity index is 619.